The maximum atomic E-state index is 12.2. The Morgan fingerprint density at radius 1 is 1.43 bits per heavy atom. The normalized spacial score (nSPS) is 17.9. The van der Waals surface area contributed by atoms with Crippen LogP contribution in [0.15, 0.2) is 18.2 Å². The highest BCUT2D eigenvalue weighted by molar-refractivity contribution is 5.93. The molecule has 2 rings (SSSR count). The molecule has 1 amide bonds. The number of halogens is 1. The van der Waals surface area contributed by atoms with Crippen molar-refractivity contribution in [3.63, 3.8) is 0 Å². The molecule has 1 aromatic rings. The number of carboxylic acids is 1. The molecule has 1 heterocycles. The quantitative estimate of drug-likeness (QED) is 0.857. The lowest BCUT2D eigenvalue weighted by Gasteiger charge is -2.30. The first kappa shape index (κ1) is 19.3. The Morgan fingerprint density at radius 2 is 2.17 bits per heavy atom. The number of aryl methyl sites for hydroxylation is 1. The van der Waals surface area contributed by atoms with Gasteiger partial charge in [0.25, 0.3) is 0 Å². The zero-order chi connectivity index (χ0) is 16.1. The van der Waals surface area contributed by atoms with Crippen LogP contribution in [-0.2, 0) is 9.59 Å². The van der Waals surface area contributed by atoms with E-state index in [-0.39, 0.29) is 30.8 Å². The molecular weight excluding hydrogens is 320 g/mol. The summed E-state index contributed by atoms with van der Waals surface area (Å²) in [5.41, 5.74) is 1.67. The van der Waals surface area contributed by atoms with E-state index in [1.54, 1.807) is 7.11 Å². The molecule has 2 N–H and O–H groups in total. The predicted octanol–water partition coefficient (Wildman–Crippen LogP) is 2.16. The number of piperidine rings is 1. The van der Waals surface area contributed by atoms with Crippen molar-refractivity contribution in [2.75, 3.05) is 32.1 Å². The average Bonchev–Trinajstić information content (AvgIpc) is 2.47. The van der Waals surface area contributed by atoms with Crippen LogP contribution in [0.2, 0.25) is 0 Å². The lowest BCUT2D eigenvalue weighted by molar-refractivity contribution is -0.144. The van der Waals surface area contributed by atoms with Crippen molar-refractivity contribution in [1.29, 1.82) is 0 Å². The smallest absolute Gasteiger partial charge is 0.307 e. The highest BCUT2D eigenvalue weighted by Crippen LogP contribution is 2.25. The fourth-order valence-corrected chi connectivity index (χ4v) is 2.71. The summed E-state index contributed by atoms with van der Waals surface area (Å²) in [7, 11) is 1.56. The number of hydrogen-bond acceptors (Lipinski definition) is 4. The summed E-state index contributed by atoms with van der Waals surface area (Å²) in [6.07, 6.45) is 1.48. The number of amides is 1. The molecule has 1 aromatic carbocycles. The molecule has 1 saturated heterocycles. The first-order chi connectivity index (χ1) is 10.5. The van der Waals surface area contributed by atoms with Gasteiger partial charge in [0.2, 0.25) is 5.91 Å². The van der Waals surface area contributed by atoms with Crippen LogP contribution in [0.5, 0.6) is 5.75 Å². The van der Waals surface area contributed by atoms with Gasteiger partial charge in [-0.25, -0.2) is 0 Å². The van der Waals surface area contributed by atoms with Crippen molar-refractivity contribution in [1.82, 2.24) is 4.90 Å². The number of benzene rings is 1. The SMILES string of the molecule is COc1ccc(C)cc1NC(=O)CN1CCCC(C(=O)O)C1.Cl. The molecule has 0 aliphatic carbocycles. The monoisotopic (exact) mass is 342 g/mol. The minimum Gasteiger partial charge on any atom is -0.495 e. The van der Waals surface area contributed by atoms with Crippen LogP contribution in [0.3, 0.4) is 0 Å². The van der Waals surface area contributed by atoms with Crippen LogP contribution in [0.1, 0.15) is 18.4 Å². The molecule has 1 atom stereocenters. The number of hydrogen-bond donors (Lipinski definition) is 2. The Balaban J connectivity index is 0.00000264. The molecule has 0 bridgehead atoms. The average molecular weight is 343 g/mol. The fourth-order valence-electron chi connectivity index (χ4n) is 2.71. The van der Waals surface area contributed by atoms with Gasteiger partial charge in [0.1, 0.15) is 5.75 Å². The lowest BCUT2D eigenvalue weighted by atomic mass is 9.98. The Labute approximate surface area is 142 Å². The molecule has 23 heavy (non-hydrogen) atoms. The predicted molar refractivity (Wildman–Crippen MR) is 90.4 cm³/mol. The van der Waals surface area contributed by atoms with Gasteiger partial charge >= 0.3 is 5.97 Å². The van der Waals surface area contributed by atoms with E-state index in [4.69, 9.17) is 9.84 Å². The largest absolute Gasteiger partial charge is 0.495 e. The third kappa shape index (κ3) is 5.41. The first-order valence-electron chi connectivity index (χ1n) is 7.39. The van der Waals surface area contributed by atoms with Crippen LogP contribution in [0.25, 0.3) is 0 Å². The maximum absolute atomic E-state index is 12.2. The number of carbonyl (C=O) groups excluding carboxylic acids is 1. The van der Waals surface area contributed by atoms with Crippen LogP contribution < -0.4 is 10.1 Å². The molecule has 0 radical (unpaired) electrons. The van der Waals surface area contributed by atoms with E-state index in [0.29, 0.717) is 24.4 Å². The molecule has 1 aliphatic rings. The van der Waals surface area contributed by atoms with Crippen molar-refractivity contribution in [2.24, 2.45) is 5.92 Å². The standard InChI is InChI=1S/C16H22N2O4.ClH/c1-11-5-6-14(22-2)13(8-11)17-15(19)10-18-7-3-4-12(9-18)16(20)21;/h5-6,8,12H,3-4,7,9-10H2,1-2H3,(H,17,19)(H,20,21);1H. The Kier molecular flexibility index (Phi) is 7.32. The van der Waals surface area contributed by atoms with Gasteiger partial charge in [-0.3, -0.25) is 14.5 Å². The van der Waals surface area contributed by atoms with E-state index in [1.807, 2.05) is 30.0 Å². The molecule has 0 spiro atoms. The van der Waals surface area contributed by atoms with Gasteiger partial charge in [-0.1, -0.05) is 6.07 Å². The topological polar surface area (TPSA) is 78.9 Å². The summed E-state index contributed by atoms with van der Waals surface area (Å²) in [6, 6.07) is 5.58. The summed E-state index contributed by atoms with van der Waals surface area (Å²) in [4.78, 5) is 25.1. The van der Waals surface area contributed by atoms with E-state index < -0.39 is 5.97 Å². The van der Waals surface area contributed by atoms with Gasteiger partial charge in [0.05, 0.1) is 25.3 Å². The number of nitrogens with one attached hydrogen (secondary N) is 1. The Hall–Kier alpha value is -1.79. The highest BCUT2D eigenvalue weighted by Gasteiger charge is 2.26. The van der Waals surface area contributed by atoms with E-state index in [1.165, 1.54) is 0 Å². The fraction of sp³-hybridized carbons (Fsp3) is 0.500. The van der Waals surface area contributed by atoms with Crippen LogP contribution in [0, 0.1) is 12.8 Å². The molecule has 6 nitrogen and oxygen atoms in total. The van der Waals surface area contributed by atoms with E-state index in [2.05, 4.69) is 5.32 Å². The number of aliphatic carboxylic acids is 1. The third-order valence-electron chi connectivity index (χ3n) is 3.85. The van der Waals surface area contributed by atoms with Crippen molar-refractivity contribution in [3.8, 4) is 5.75 Å². The zero-order valence-corrected chi connectivity index (χ0v) is 14.2. The van der Waals surface area contributed by atoms with Gasteiger partial charge in [0.15, 0.2) is 0 Å². The lowest BCUT2D eigenvalue weighted by Crippen LogP contribution is -2.42. The maximum Gasteiger partial charge on any atom is 0.307 e. The molecule has 1 fully saturated rings. The minimum atomic E-state index is -0.787. The molecule has 0 aromatic heterocycles. The van der Waals surface area contributed by atoms with Crippen molar-refractivity contribution < 1.29 is 19.4 Å². The van der Waals surface area contributed by atoms with Crippen LogP contribution in [0.4, 0.5) is 5.69 Å². The second-order valence-electron chi connectivity index (χ2n) is 5.66. The number of nitrogens with zero attached hydrogens (tertiary/aromatic N) is 1. The molecular formula is C16H23ClN2O4. The second-order valence-corrected chi connectivity index (χ2v) is 5.66. The van der Waals surface area contributed by atoms with Gasteiger partial charge in [-0.2, -0.15) is 0 Å². The molecule has 1 unspecified atom stereocenters. The van der Waals surface area contributed by atoms with Gasteiger partial charge in [-0.05, 0) is 44.0 Å². The van der Waals surface area contributed by atoms with Gasteiger partial charge in [-0.15, -0.1) is 12.4 Å². The first-order valence-corrected chi connectivity index (χ1v) is 7.39. The number of likely N-dealkylation sites (tertiary alicyclic amines) is 1. The number of anilines is 1. The molecule has 0 saturated carbocycles. The number of ether oxygens (including phenoxy) is 1. The van der Waals surface area contributed by atoms with E-state index in [9.17, 15) is 9.59 Å². The van der Waals surface area contributed by atoms with Gasteiger partial charge in [0, 0.05) is 6.54 Å². The summed E-state index contributed by atoms with van der Waals surface area (Å²) < 4.78 is 5.23. The molecule has 128 valence electrons. The number of carbonyl (C=O) groups is 2. The zero-order valence-electron chi connectivity index (χ0n) is 13.4. The summed E-state index contributed by atoms with van der Waals surface area (Å²) in [5, 5.41) is 11.9. The molecule has 7 heteroatoms. The molecule has 1 aliphatic heterocycles. The number of rotatable bonds is 5. The van der Waals surface area contributed by atoms with E-state index >= 15 is 0 Å². The minimum absolute atomic E-state index is 0. The summed E-state index contributed by atoms with van der Waals surface area (Å²) >= 11 is 0. The Morgan fingerprint density at radius 3 is 2.83 bits per heavy atom. The van der Waals surface area contributed by atoms with Gasteiger partial charge < -0.3 is 15.2 Å². The van der Waals surface area contributed by atoms with Crippen LogP contribution >= 0.6 is 12.4 Å². The summed E-state index contributed by atoms with van der Waals surface area (Å²) in [6.45, 7) is 3.31. The third-order valence-corrected chi connectivity index (χ3v) is 3.85. The van der Waals surface area contributed by atoms with E-state index in [0.717, 1.165) is 18.5 Å². The van der Waals surface area contributed by atoms with Crippen molar-refractivity contribution >= 4 is 30.0 Å². The summed E-state index contributed by atoms with van der Waals surface area (Å²) in [5.74, 6) is -0.712. The highest BCUT2D eigenvalue weighted by atomic mass is 35.5. The van der Waals surface area contributed by atoms with Crippen molar-refractivity contribution in [2.45, 2.75) is 19.8 Å². The Bertz CT molecular complexity index is 565. The second kappa shape index (κ2) is 8.74. The number of carboxylic acid groups (broad SMARTS) is 1. The van der Waals surface area contributed by atoms with Crippen molar-refractivity contribution in [3.05, 3.63) is 23.8 Å². The van der Waals surface area contributed by atoms with Crippen LogP contribution in [-0.4, -0.2) is 48.6 Å². The number of methoxy groups -OCH3 is 1.